The quantitative estimate of drug-likeness (QED) is 0.619. The number of halogens is 1. The summed E-state index contributed by atoms with van der Waals surface area (Å²) in [5.74, 6) is 6.14. The Morgan fingerprint density at radius 2 is 2.06 bits per heavy atom. The summed E-state index contributed by atoms with van der Waals surface area (Å²) < 4.78 is 13.5. The van der Waals surface area contributed by atoms with E-state index < -0.39 is 0 Å². The van der Waals surface area contributed by atoms with Crippen LogP contribution in [-0.2, 0) is 0 Å². The number of hydrazine groups is 1. The van der Waals surface area contributed by atoms with Crippen LogP contribution in [-0.4, -0.2) is 4.98 Å². The van der Waals surface area contributed by atoms with Crippen LogP contribution in [0.2, 0.25) is 0 Å². The molecule has 0 bridgehead atoms. The first-order chi connectivity index (χ1) is 8.04. The number of nitrogen functional groups attached to an aromatic ring is 1. The highest BCUT2D eigenvalue weighted by Gasteiger charge is 2.12. The van der Waals surface area contributed by atoms with Crippen LogP contribution < -0.4 is 11.3 Å². The van der Waals surface area contributed by atoms with Crippen molar-refractivity contribution in [2.75, 3.05) is 5.43 Å². The van der Waals surface area contributed by atoms with Gasteiger partial charge in [0.1, 0.15) is 11.6 Å². The van der Waals surface area contributed by atoms with Gasteiger partial charge >= 0.3 is 0 Å². The number of pyridine rings is 1. The number of nitrogens with two attached hydrogens (primary N) is 1. The van der Waals surface area contributed by atoms with E-state index in [1.54, 1.807) is 13.0 Å². The molecule has 0 aliphatic carbocycles. The molecule has 90 valence electrons. The molecule has 2 rings (SSSR count). The summed E-state index contributed by atoms with van der Waals surface area (Å²) in [6.07, 6.45) is 0. The molecular weight excluding hydrogens is 217 g/mol. The maximum atomic E-state index is 13.5. The molecule has 0 aliphatic heterocycles. The van der Waals surface area contributed by atoms with E-state index in [1.165, 1.54) is 6.07 Å². The van der Waals surface area contributed by atoms with Crippen LogP contribution in [0, 0.1) is 12.7 Å². The lowest BCUT2D eigenvalue weighted by atomic mass is 10.0. The summed E-state index contributed by atoms with van der Waals surface area (Å²) in [7, 11) is 0. The molecule has 0 amide bonds. The third-order valence-corrected chi connectivity index (χ3v) is 2.96. The van der Waals surface area contributed by atoms with Crippen molar-refractivity contribution in [3.8, 4) is 0 Å². The first-order valence-corrected chi connectivity index (χ1v) is 5.61. The van der Waals surface area contributed by atoms with Crippen molar-refractivity contribution < 1.29 is 4.39 Å². The van der Waals surface area contributed by atoms with Crippen molar-refractivity contribution in [2.45, 2.75) is 26.7 Å². The van der Waals surface area contributed by atoms with Gasteiger partial charge in [0.15, 0.2) is 0 Å². The van der Waals surface area contributed by atoms with Crippen molar-refractivity contribution in [3.63, 3.8) is 0 Å². The van der Waals surface area contributed by atoms with Crippen molar-refractivity contribution in [1.29, 1.82) is 0 Å². The molecule has 0 fully saturated rings. The zero-order valence-corrected chi connectivity index (χ0v) is 10.2. The minimum absolute atomic E-state index is 0.245. The van der Waals surface area contributed by atoms with E-state index in [9.17, 15) is 4.39 Å². The average molecular weight is 233 g/mol. The van der Waals surface area contributed by atoms with Crippen LogP contribution in [0.1, 0.15) is 30.9 Å². The lowest BCUT2D eigenvalue weighted by Gasteiger charge is -2.13. The second-order valence-corrected chi connectivity index (χ2v) is 4.47. The van der Waals surface area contributed by atoms with Gasteiger partial charge in [-0.3, -0.25) is 0 Å². The predicted octanol–water partition coefficient (Wildman–Crippen LogP) is 3.09. The maximum absolute atomic E-state index is 13.5. The van der Waals surface area contributed by atoms with E-state index in [1.807, 2.05) is 6.07 Å². The van der Waals surface area contributed by atoms with Gasteiger partial charge in [0.2, 0.25) is 0 Å². The first kappa shape index (κ1) is 11.8. The van der Waals surface area contributed by atoms with Gasteiger partial charge in [0.25, 0.3) is 0 Å². The summed E-state index contributed by atoms with van der Waals surface area (Å²) >= 11 is 0. The topological polar surface area (TPSA) is 50.9 Å². The fourth-order valence-corrected chi connectivity index (χ4v) is 1.93. The summed E-state index contributed by atoms with van der Waals surface area (Å²) in [4.78, 5) is 4.40. The van der Waals surface area contributed by atoms with E-state index in [2.05, 4.69) is 24.3 Å². The number of aromatic nitrogens is 1. The normalized spacial score (nSPS) is 11.2. The Balaban J connectivity index is 2.78. The molecule has 0 unspecified atom stereocenters. The second kappa shape index (κ2) is 4.30. The van der Waals surface area contributed by atoms with Crippen molar-refractivity contribution in [3.05, 3.63) is 35.1 Å². The smallest absolute Gasteiger partial charge is 0.144 e. The summed E-state index contributed by atoms with van der Waals surface area (Å²) in [6.45, 7) is 5.86. The fraction of sp³-hybridized carbons (Fsp3) is 0.308. The van der Waals surface area contributed by atoms with Gasteiger partial charge in [-0.2, -0.15) is 0 Å². The minimum Gasteiger partial charge on any atom is -0.308 e. The zero-order chi connectivity index (χ0) is 12.6. The molecule has 0 saturated heterocycles. The number of benzene rings is 1. The largest absolute Gasteiger partial charge is 0.308 e. The van der Waals surface area contributed by atoms with Crippen LogP contribution in [0.4, 0.5) is 10.2 Å². The molecule has 1 aromatic heterocycles. The molecule has 1 aromatic carbocycles. The molecule has 3 nitrogen and oxygen atoms in total. The van der Waals surface area contributed by atoms with Gasteiger partial charge in [0.05, 0.1) is 5.52 Å². The Morgan fingerprint density at radius 1 is 1.35 bits per heavy atom. The van der Waals surface area contributed by atoms with Crippen LogP contribution in [0.3, 0.4) is 0 Å². The highest BCUT2D eigenvalue weighted by molar-refractivity contribution is 5.84. The number of hydrogen-bond donors (Lipinski definition) is 2. The Hall–Kier alpha value is -1.68. The van der Waals surface area contributed by atoms with Gasteiger partial charge in [-0.25, -0.2) is 15.2 Å². The minimum atomic E-state index is -0.245. The third kappa shape index (κ3) is 1.96. The zero-order valence-electron chi connectivity index (χ0n) is 10.2. The highest BCUT2D eigenvalue weighted by atomic mass is 19.1. The number of anilines is 1. The third-order valence-electron chi connectivity index (χ3n) is 2.96. The Morgan fingerprint density at radius 3 is 2.65 bits per heavy atom. The van der Waals surface area contributed by atoms with E-state index in [-0.39, 0.29) is 5.82 Å². The van der Waals surface area contributed by atoms with Gasteiger partial charge in [-0.05, 0) is 36.6 Å². The number of aryl methyl sites for hydroxylation is 1. The van der Waals surface area contributed by atoms with Gasteiger partial charge in [-0.15, -0.1) is 0 Å². The number of nitrogens with zero attached hydrogens (tertiary/aromatic N) is 1. The van der Waals surface area contributed by atoms with Crippen molar-refractivity contribution in [2.24, 2.45) is 5.84 Å². The molecule has 1 heterocycles. The number of fused-ring (bicyclic) bond motifs is 1. The molecule has 3 N–H and O–H groups in total. The van der Waals surface area contributed by atoms with Gasteiger partial charge in [0, 0.05) is 10.9 Å². The monoisotopic (exact) mass is 233 g/mol. The SMILES string of the molecule is Cc1c(F)ccc2cc(C(C)C)c(NN)nc12. The molecular formula is C13H16FN3. The Labute approximate surface area is 99.8 Å². The van der Waals surface area contributed by atoms with Crippen LogP contribution >= 0.6 is 0 Å². The molecule has 0 radical (unpaired) electrons. The molecule has 0 aliphatic rings. The molecule has 0 atom stereocenters. The summed E-state index contributed by atoms with van der Waals surface area (Å²) in [5, 5.41) is 0.937. The molecule has 0 spiro atoms. The van der Waals surface area contributed by atoms with E-state index in [0.29, 0.717) is 22.8 Å². The standard InChI is InChI=1S/C13H16FN3/c1-7(2)10-6-9-4-5-11(14)8(3)12(9)16-13(10)17-15/h4-7H,15H2,1-3H3,(H,16,17). The molecule has 0 saturated carbocycles. The summed E-state index contributed by atoms with van der Waals surface area (Å²) in [6, 6.07) is 5.23. The fourth-order valence-electron chi connectivity index (χ4n) is 1.93. The van der Waals surface area contributed by atoms with Crippen molar-refractivity contribution >= 4 is 16.7 Å². The van der Waals surface area contributed by atoms with Gasteiger partial charge < -0.3 is 5.43 Å². The van der Waals surface area contributed by atoms with Crippen LogP contribution in [0.5, 0.6) is 0 Å². The van der Waals surface area contributed by atoms with Crippen molar-refractivity contribution in [1.82, 2.24) is 4.98 Å². The molecule has 2 aromatic rings. The number of hydrogen-bond acceptors (Lipinski definition) is 3. The summed E-state index contributed by atoms with van der Waals surface area (Å²) in [5.41, 5.74) is 4.82. The predicted molar refractivity (Wildman–Crippen MR) is 68.3 cm³/mol. The highest BCUT2D eigenvalue weighted by Crippen LogP contribution is 2.28. The second-order valence-electron chi connectivity index (χ2n) is 4.47. The number of nitrogens with one attached hydrogen (secondary N) is 1. The van der Waals surface area contributed by atoms with Gasteiger partial charge in [-0.1, -0.05) is 13.8 Å². The van der Waals surface area contributed by atoms with E-state index >= 15 is 0 Å². The number of rotatable bonds is 2. The van der Waals surface area contributed by atoms with Crippen LogP contribution in [0.15, 0.2) is 18.2 Å². The Bertz CT molecular complexity index is 564. The lowest BCUT2D eigenvalue weighted by Crippen LogP contribution is -2.12. The lowest BCUT2D eigenvalue weighted by molar-refractivity contribution is 0.620. The molecule has 17 heavy (non-hydrogen) atoms. The van der Waals surface area contributed by atoms with E-state index in [4.69, 9.17) is 5.84 Å². The van der Waals surface area contributed by atoms with E-state index in [0.717, 1.165) is 10.9 Å². The Kier molecular flexibility index (Phi) is 2.98. The average Bonchev–Trinajstić information content (AvgIpc) is 2.32. The first-order valence-electron chi connectivity index (χ1n) is 5.61. The maximum Gasteiger partial charge on any atom is 0.144 e. The molecule has 4 heteroatoms. The van der Waals surface area contributed by atoms with Crippen LogP contribution in [0.25, 0.3) is 10.9 Å².